The number of aromatic nitrogens is 2. The lowest BCUT2D eigenvalue weighted by Gasteiger charge is -2.36. The van der Waals surface area contributed by atoms with Gasteiger partial charge < -0.3 is 24.4 Å². The maximum atomic E-state index is 14.5. The number of carbonyl (C=O) groups is 2. The van der Waals surface area contributed by atoms with Gasteiger partial charge in [0.1, 0.15) is 11.9 Å². The van der Waals surface area contributed by atoms with E-state index < -0.39 is 0 Å². The Morgan fingerprint density at radius 1 is 0.959 bits per heavy atom. The number of benzene rings is 2. The van der Waals surface area contributed by atoms with Crippen LogP contribution in [-0.4, -0.2) is 60.8 Å². The SMILES string of the molecule is COc1ccc([C@H]2CC[C@H](CN(c3cccc(-c4cnn(C(C)C)c4)c3)C(=O)[C@H]3CC[C@H](NC(=O)OC4CCOCC4)CC3)CC2)cc1C. The number of anilines is 1. The molecular weight excluding hydrogens is 616 g/mol. The van der Waals surface area contributed by atoms with Crippen molar-refractivity contribution in [1.29, 1.82) is 0 Å². The first kappa shape index (κ1) is 35.0. The zero-order valence-electron chi connectivity index (χ0n) is 29.7. The van der Waals surface area contributed by atoms with Crippen molar-refractivity contribution >= 4 is 17.7 Å². The molecule has 9 nitrogen and oxygen atoms in total. The van der Waals surface area contributed by atoms with Gasteiger partial charge in [0.25, 0.3) is 0 Å². The number of carbonyl (C=O) groups excluding carboxylic acids is 2. The van der Waals surface area contributed by atoms with Crippen LogP contribution in [0.5, 0.6) is 5.75 Å². The second-order valence-electron chi connectivity index (χ2n) is 14.7. The van der Waals surface area contributed by atoms with Crippen LogP contribution in [0.15, 0.2) is 54.9 Å². The van der Waals surface area contributed by atoms with E-state index in [1.807, 2.05) is 10.9 Å². The summed E-state index contributed by atoms with van der Waals surface area (Å²) in [6.07, 6.45) is 12.5. The van der Waals surface area contributed by atoms with E-state index in [2.05, 4.69) is 84.7 Å². The van der Waals surface area contributed by atoms with Gasteiger partial charge in [-0.15, -0.1) is 0 Å². The molecule has 1 N–H and O–H groups in total. The zero-order chi connectivity index (χ0) is 34.3. The molecule has 2 amide bonds. The third-order valence-corrected chi connectivity index (χ3v) is 10.9. The van der Waals surface area contributed by atoms with E-state index in [0.29, 0.717) is 25.0 Å². The highest BCUT2D eigenvalue weighted by molar-refractivity contribution is 5.95. The Hall–Kier alpha value is -3.85. The Labute approximate surface area is 291 Å². The highest BCUT2D eigenvalue weighted by atomic mass is 16.6. The summed E-state index contributed by atoms with van der Waals surface area (Å²) in [5.41, 5.74) is 5.64. The smallest absolute Gasteiger partial charge is 0.407 e. The molecule has 0 atom stereocenters. The number of ether oxygens (including phenoxy) is 3. The number of nitrogens with one attached hydrogen (secondary N) is 1. The van der Waals surface area contributed by atoms with Crippen molar-refractivity contribution in [3.05, 3.63) is 66.0 Å². The highest BCUT2D eigenvalue weighted by Crippen LogP contribution is 2.39. The first-order valence-corrected chi connectivity index (χ1v) is 18.4. The van der Waals surface area contributed by atoms with Crippen molar-refractivity contribution in [3.63, 3.8) is 0 Å². The van der Waals surface area contributed by atoms with Crippen molar-refractivity contribution < 1.29 is 23.8 Å². The Bertz CT molecular complexity index is 1550. The van der Waals surface area contributed by atoms with Crippen molar-refractivity contribution in [2.24, 2.45) is 11.8 Å². The molecule has 2 aliphatic carbocycles. The summed E-state index contributed by atoms with van der Waals surface area (Å²) in [6.45, 7) is 8.35. The van der Waals surface area contributed by atoms with Gasteiger partial charge in [0.2, 0.25) is 5.91 Å². The maximum absolute atomic E-state index is 14.5. The van der Waals surface area contributed by atoms with E-state index in [-0.39, 0.29) is 36.1 Å². The van der Waals surface area contributed by atoms with Crippen LogP contribution in [0.25, 0.3) is 11.1 Å². The third-order valence-electron chi connectivity index (χ3n) is 10.9. The van der Waals surface area contributed by atoms with E-state index in [1.54, 1.807) is 7.11 Å². The minimum absolute atomic E-state index is 0.0301. The quantitative estimate of drug-likeness (QED) is 0.234. The predicted molar refractivity (Wildman–Crippen MR) is 192 cm³/mol. The Balaban J connectivity index is 1.13. The lowest BCUT2D eigenvalue weighted by Crippen LogP contribution is -2.44. The van der Waals surface area contributed by atoms with Gasteiger partial charge in [-0.1, -0.05) is 24.3 Å². The van der Waals surface area contributed by atoms with Crippen LogP contribution in [-0.2, 0) is 14.3 Å². The van der Waals surface area contributed by atoms with Gasteiger partial charge >= 0.3 is 6.09 Å². The largest absolute Gasteiger partial charge is 0.496 e. The van der Waals surface area contributed by atoms with E-state index in [4.69, 9.17) is 14.2 Å². The molecule has 2 heterocycles. The normalized spacial score (nSPS) is 23.2. The van der Waals surface area contributed by atoms with Crippen molar-refractivity contribution in [2.75, 3.05) is 31.8 Å². The lowest BCUT2D eigenvalue weighted by atomic mass is 9.78. The number of methoxy groups -OCH3 is 1. The minimum Gasteiger partial charge on any atom is -0.496 e. The van der Waals surface area contributed by atoms with Gasteiger partial charge in [-0.2, -0.15) is 5.10 Å². The summed E-state index contributed by atoms with van der Waals surface area (Å²) < 4.78 is 18.5. The molecule has 3 aromatic rings. The molecule has 0 spiro atoms. The van der Waals surface area contributed by atoms with Gasteiger partial charge in [0.05, 0.1) is 26.5 Å². The number of rotatable bonds is 10. The average Bonchev–Trinajstić information content (AvgIpc) is 3.63. The molecule has 1 saturated heterocycles. The van der Waals surface area contributed by atoms with Crippen LogP contribution in [0.4, 0.5) is 10.5 Å². The van der Waals surface area contributed by atoms with Crippen molar-refractivity contribution in [2.45, 2.75) is 109 Å². The lowest BCUT2D eigenvalue weighted by molar-refractivity contribution is -0.123. The zero-order valence-corrected chi connectivity index (χ0v) is 29.7. The van der Waals surface area contributed by atoms with Crippen molar-refractivity contribution in [3.8, 4) is 16.9 Å². The molecule has 2 aromatic carbocycles. The molecule has 3 aliphatic rings. The number of hydrogen-bond donors (Lipinski definition) is 1. The minimum atomic E-state index is -0.346. The van der Waals surface area contributed by atoms with Crippen LogP contribution in [0.1, 0.15) is 101 Å². The summed E-state index contributed by atoms with van der Waals surface area (Å²) in [5, 5.41) is 7.63. The second-order valence-corrected chi connectivity index (χ2v) is 14.7. The number of nitrogens with zero attached hydrogens (tertiary/aromatic N) is 3. The molecule has 6 rings (SSSR count). The second kappa shape index (κ2) is 16.2. The monoisotopic (exact) mass is 670 g/mol. The van der Waals surface area contributed by atoms with Crippen LogP contribution in [0, 0.1) is 18.8 Å². The highest BCUT2D eigenvalue weighted by Gasteiger charge is 2.34. The summed E-state index contributed by atoms with van der Waals surface area (Å²) >= 11 is 0. The van der Waals surface area contributed by atoms with E-state index in [0.717, 1.165) is 93.3 Å². The Morgan fingerprint density at radius 2 is 1.71 bits per heavy atom. The van der Waals surface area contributed by atoms with Crippen LogP contribution >= 0.6 is 0 Å². The molecule has 0 radical (unpaired) electrons. The fourth-order valence-corrected chi connectivity index (χ4v) is 7.89. The average molecular weight is 671 g/mol. The van der Waals surface area contributed by atoms with Crippen LogP contribution < -0.4 is 15.0 Å². The molecule has 0 unspecified atom stereocenters. The fourth-order valence-electron chi connectivity index (χ4n) is 7.89. The molecule has 1 aromatic heterocycles. The van der Waals surface area contributed by atoms with E-state index >= 15 is 0 Å². The summed E-state index contributed by atoms with van der Waals surface area (Å²) in [6, 6.07) is 15.3. The molecule has 49 heavy (non-hydrogen) atoms. The number of hydrogen-bond acceptors (Lipinski definition) is 6. The van der Waals surface area contributed by atoms with Crippen molar-refractivity contribution in [1.82, 2.24) is 15.1 Å². The fraction of sp³-hybridized carbons (Fsp3) is 0.575. The molecule has 0 bridgehead atoms. The standard InChI is InChI=1S/C40H54N4O5/c1-27(2)44-26-34(24-41-44)32-6-5-7-36(23-32)43(25-29-8-10-30(11-9-29)33-14-17-38(47-4)28(3)22-33)39(45)31-12-15-35(16-13-31)42-40(46)49-37-18-20-48-21-19-37/h5-7,14,17,22-24,26-27,29-31,35,37H,8-13,15-16,18-21,25H2,1-4H3,(H,42,46)/t29-,30-,31-,35-. The van der Waals surface area contributed by atoms with Crippen LogP contribution in [0.2, 0.25) is 0 Å². The molecular formula is C40H54N4O5. The molecule has 1 aliphatic heterocycles. The predicted octanol–water partition coefficient (Wildman–Crippen LogP) is 8.22. The number of aryl methyl sites for hydroxylation is 1. The van der Waals surface area contributed by atoms with Crippen LogP contribution in [0.3, 0.4) is 0 Å². The molecule has 264 valence electrons. The third kappa shape index (κ3) is 8.85. The first-order valence-electron chi connectivity index (χ1n) is 18.4. The summed E-state index contributed by atoms with van der Waals surface area (Å²) in [7, 11) is 1.72. The Morgan fingerprint density at radius 3 is 2.39 bits per heavy atom. The molecule has 2 saturated carbocycles. The van der Waals surface area contributed by atoms with Gasteiger partial charge in [-0.05, 0) is 119 Å². The topological polar surface area (TPSA) is 94.9 Å². The maximum Gasteiger partial charge on any atom is 0.407 e. The Kier molecular flexibility index (Phi) is 11.6. The summed E-state index contributed by atoms with van der Waals surface area (Å²) in [4.78, 5) is 29.1. The number of alkyl carbamates (subject to hydrolysis) is 1. The van der Waals surface area contributed by atoms with Gasteiger partial charge in [-0.3, -0.25) is 9.48 Å². The van der Waals surface area contributed by atoms with Gasteiger partial charge in [0, 0.05) is 54.8 Å². The molecule has 9 heteroatoms. The molecule has 3 fully saturated rings. The van der Waals surface area contributed by atoms with E-state index in [9.17, 15) is 9.59 Å². The van der Waals surface area contributed by atoms with E-state index in [1.165, 1.54) is 11.1 Å². The first-order chi connectivity index (χ1) is 23.8. The number of amides is 2. The summed E-state index contributed by atoms with van der Waals surface area (Å²) in [5.74, 6) is 2.03. The van der Waals surface area contributed by atoms with Gasteiger partial charge in [0.15, 0.2) is 0 Å². The van der Waals surface area contributed by atoms with Gasteiger partial charge in [-0.25, -0.2) is 4.79 Å².